The van der Waals surface area contributed by atoms with Crippen LogP contribution in [0.3, 0.4) is 0 Å². The molecule has 0 unspecified atom stereocenters. The minimum absolute atomic E-state index is 1.15. The van der Waals surface area contributed by atoms with Crippen LogP contribution >= 0.6 is 0 Å². The van der Waals surface area contributed by atoms with Crippen molar-refractivity contribution in [3.8, 4) is 33.6 Å². The molecule has 0 saturated carbocycles. The van der Waals surface area contributed by atoms with Gasteiger partial charge in [-0.15, -0.1) is 0 Å². The Morgan fingerprint density at radius 2 is 0.761 bits per heavy atom. The Morgan fingerprint density at radius 1 is 0.304 bits per heavy atom. The van der Waals surface area contributed by atoms with Crippen molar-refractivity contribution in [3.63, 3.8) is 0 Å². The summed E-state index contributed by atoms with van der Waals surface area (Å²) in [6.45, 7) is 4.34. The molecule has 0 saturated heterocycles. The molecule has 0 N–H and O–H groups in total. The lowest BCUT2D eigenvalue weighted by atomic mass is 9.96. The van der Waals surface area contributed by atoms with Gasteiger partial charge in [-0.3, -0.25) is 0 Å². The van der Waals surface area contributed by atoms with Crippen molar-refractivity contribution in [3.05, 3.63) is 169 Å². The molecule has 0 aliphatic heterocycles. The van der Waals surface area contributed by atoms with Gasteiger partial charge in [0.05, 0.1) is 22.1 Å². The van der Waals surface area contributed by atoms with Crippen molar-refractivity contribution in [1.29, 1.82) is 0 Å². The van der Waals surface area contributed by atoms with E-state index in [1.54, 1.807) is 0 Å². The molecule has 0 aliphatic rings. The molecule has 9 rings (SSSR count). The molecule has 46 heavy (non-hydrogen) atoms. The summed E-state index contributed by atoms with van der Waals surface area (Å²) in [5, 5.41) is 5.06. The molecular weight excluding hydrogens is 556 g/mol. The molecular formula is C44H32N2. The number of benzene rings is 7. The van der Waals surface area contributed by atoms with Crippen molar-refractivity contribution < 1.29 is 0 Å². The first-order valence-corrected chi connectivity index (χ1v) is 15.9. The molecule has 7 aromatic carbocycles. The van der Waals surface area contributed by atoms with Gasteiger partial charge in [0.1, 0.15) is 0 Å². The summed E-state index contributed by atoms with van der Waals surface area (Å²) in [5.74, 6) is 0. The van der Waals surface area contributed by atoms with E-state index in [4.69, 9.17) is 0 Å². The van der Waals surface area contributed by atoms with Gasteiger partial charge in [0.25, 0.3) is 0 Å². The highest BCUT2D eigenvalue weighted by atomic mass is 15.0. The van der Waals surface area contributed by atoms with Gasteiger partial charge < -0.3 is 9.13 Å². The van der Waals surface area contributed by atoms with Crippen molar-refractivity contribution in [2.24, 2.45) is 0 Å². The minimum atomic E-state index is 1.15. The first kappa shape index (κ1) is 26.5. The Morgan fingerprint density at radius 3 is 1.35 bits per heavy atom. The molecule has 2 heteroatoms. The Kier molecular flexibility index (Phi) is 5.97. The van der Waals surface area contributed by atoms with E-state index in [1.165, 1.54) is 77.0 Å². The lowest BCUT2D eigenvalue weighted by Gasteiger charge is -2.13. The number of aromatic nitrogens is 2. The van der Waals surface area contributed by atoms with E-state index >= 15 is 0 Å². The summed E-state index contributed by atoms with van der Waals surface area (Å²) >= 11 is 0. The van der Waals surface area contributed by atoms with E-state index in [0.717, 1.165) is 11.4 Å². The molecule has 0 spiro atoms. The Balaban J connectivity index is 1.21. The molecule has 0 fully saturated rings. The Bertz CT molecular complexity index is 2540. The fourth-order valence-electron chi connectivity index (χ4n) is 7.42. The second kappa shape index (κ2) is 10.4. The third kappa shape index (κ3) is 4.18. The van der Waals surface area contributed by atoms with Crippen molar-refractivity contribution in [1.82, 2.24) is 9.13 Å². The third-order valence-corrected chi connectivity index (χ3v) is 9.35. The Labute approximate surface area is 268 Å². The van der Waals surface area contributed by atoms with Gasteiger partial charge >= 0.3 is 0 Å². The lowest BCUT2D eigenvalue weighted by molar-refractivity contribution is 1.13. The zero-order valence-corrected chi connectivity index (χ0v) is 25.9. The maximum Gasteiger partial charge on any atom is 0.0541 e. The standard InChI is InChI=1S/C44H32N2/c1-29-23-30(2)25-34(24-29)32-12-9-11-31(26-32)33-21-22-44-40(27-33)39-17-5-8-20-43(39)46(44)36-14-10-13-35(28-36)45-41-18-6-3-15-37(41)38-16-4-7-19-42(38)45/h3-28H,1-2H3. The van der Waals surface area contributed by atoms with E-state index in [2.05, 4.69) is 181 Å². The number of para-hydroxylation sites is 3. The SMILES string of the molecule is Cc1cc(C)cc(-c2cccc(-c3ccc4c(c3)c3ccccc3n4-c3cccc(-n4c5ccccc5c5ccccc54)c3)c2)c1. The first-order chi connectivity index (χ1) is 22.6. The van der Waals surface area contributed by atoms with E-state index < -0.39 is 0 Å². The number of hydrogen-bond acceptors (Lipinski definition) is 0. The summed E-state index contributed by atoms with van der Waals surface area (Å²) in [5.41, 5.74) is 14.7. The van der Waals surface area contributed by atoms with E-state index in [1.807, 2.05) is 0 Å². The van der Waals surface area contributed by atoms with Gasteiger partial charge in [0.2, 0.25) is 0 Å². The Hall–Kier alpha value is -5.86. The minimum Gasteiger partial charge on any atom is -0.309 e. The smallest absolute Gasteiger partial charge is 0.0541 e. The van der Waals surface area contributed by atoms with Gasteiger partial charge in [-0.25, -0.2) is 0 Å². The molecule has 0 radical (unpaired) electrons. The predicted octanol–water partition coefficient (Wildman–Crippen LogP) is 11.8. The van der Waals surface area contributed by atoms with Crippen LogP contribution in [0.1, 0.15) is 11.1 Å². The molecule has 0 amide bonds. The van der Waals surface area contributed by atoms with Crippen LogP contribution in [0.4, 0.5) is 0 Å². The summed E-state index contributed by atoms with van der Waals surface area (Å²) < 4.78 is 4.81. The molecule has 218 valence electrons. The van der Waals surface area contributed by atoms with Gasteiger partial charge in [-0.2, -0.15) is 0 Å². The third-order valence-electron chi connectivity index (χ3n) is 9.35. The van der Waals surface area contributed by atoms with E-state index in [-0.39, 0.29) is 0 Å². The average Bonchev–Trinajstić information content (AvgIpc) is 3.61. The molecule has 9 aromatic rings. The maximum absolute atomic E-state index is 2.41. The van der Waals surface area contributed by atoms with Gasteiger partial charge in [0.15, 0.2) is 0 Å². The fourth-order valence-corrected chi connectivity index (χ4v) is 7.42. The largest absolute Gasteiger partial charge is 0.309 e. The van der Waals surface area contributed by atoms with Crippen LogP contribution in [0.2, 0.25) is 0 Å². The highest BCUT2D eigenvalue weighted by Crippen LogP contribution is 2.37. The monoisotopic (exact) mass is 588 g/mol. The van der Waals surface area contributed by atoms with E-state index in [0.29, 0.717) is 0 Å². The van der Waals surface area contributed by atoms with Crippen molar-refractivity contribution in [2.75, 3.05) is 0 Å². The molecule has 0 atom stereocenters. The second-order valence-corrected chi connectivity index (χ2v) is 12.4. The zero-order chi connectivity index (χ0) is 30.8. The highest BCUT2D eigenvalue weighted by Gasteiger charge is 2.16. The zero-order valence-electron chi connectivity index (χ0n) is 25.9. The summed E-state index contributed by atoms with van der Waals surface area (Å²) in [6.07, 6.45) is 0. The number of fused-ring (bicyclic) bond motifs is 6. The summed E-state index contributed by atoms with van der Waals surface area (Å²) in [7, 11) is 0. The van der Waals surface area contributed by atoms with Crippen LogP contribution in [0, 0.1) is 13.8 Å². The van der Waals surface area contributed by atoms with Gasteiger partial charge in [-0.05, 0) is 90.7 Å². The number of aryl methyl sites for hydroxylation is 2. The van der Waals surface area contributed by atoms with Crippen LogP contribution in [-0.4, -0.2) is 9.13 Å². The quantitative estimate of drug-likeness (QED) is 0.194. The molecule has 0 bridgehead atoms. The molecule has 2 nitrogen and oxygen atoms in total. The van der Waals surface area contributed by atoms with E-state index in [9.17, 15) is 0 Å². The predicted molar refractivity (Wildman–Crippen MR) is 195 cm³/mol. The normalized spacial score (nSPS) is 11.7. The number of rotatable bonds is 4. The van der Waals surface area contributed by atoms with Crippen LogP contribution in [0.5, 0.6) is 0 Å². The lowest BCUT2D eigenvalue weighted by Crippen LogP contribution is -1.98. The summed E-state index contributed by atoms with van der Waals surface area (Å²) in [6, 6.07) is 57.8. The summed E-state index contributed by atoms with van der Waals surface area (Å²) in [4.78, 5) is 0. The van der Waals surface area contributed by atoms with Crippen LogP contribution in [0.15, 0.2) is 158 Å². The van der Waals surface area contributed by atoms with Crippen LogP contribution in [0.25, 0.3) is 77.2 Å². The van der Waals surface area contributed by atoms with Crippen LogP contribution < -0.4 is 0 Å². The fraction of sp³-hybridized carbons (Fsp3) is 0.0455. The van der Waals surface area contributed by atoms with Gasteiger partial charge in [-0.1, -0.05) is 114 Å². The maximum atomic E-state index is 2.41. The first-order valence-electron chi connectivity index (χ1n) is 15.9. The molecule has 2 aromatic heterocycles. The van der Waals surface area contributed by atoms with Crippen molar-refractivity contribution >= 4 is 43.6 Å². The second-order valence-electron chi connectivity index (χ2n) is 12.4. The number of nitrogens with zero attached hydrogens (tertiary/aromatic N) is 2. The highest BCUT2D eigenvalue weighted by molar-refractivity contribution is 6.11. The van der Waals surface area contributed by atoms with Gasteiger partial charge in [0, 0.05) is 32.9 Å². The van der Waals surface area contributed by atoms with Crippen molar-refractivity contribution in [2.45, 2.75) is 13.8 Å². The molecule has 2 heterocycles. The number of hydrogen-bond donors (Lipinski definition) is 0. The topological polar surface area (TPSA) is 9.86 Å². The average molecular weight is 589 g/mol. The van der Waals surface area contributed by atoms with Crippen LogP contribution in [-0.2, 0) is 0 Å². The molecule has 0 aliphatic carbocycles.